The number of aryl methyl sites for hydroxylation is 1. The van der Waals surface area contributed by atoms with E-state index in [2.05, 4.69) is 33.1 Å². The highest BCUT2D eigenvalue weighted by Crippen LogP contribution is 2.26. The number of carbonyl (C=O) groups is 2. The summed E-state index contributed by atoms with van der Waals surface area (Å²) in [5.41, 5.74) is 1.96. The molecular formula is C33H41N8O5S+. The first-order valence-corrected chi connectivity index (χ1v) is 16.3. The number of carbonyl (C=O) groups excluding carboxylic acids is 2. The molecular weight excluding hydrogens is 620 g/mol. The largest absolute Gasteiger partial charge is 0.496 e. The van der Waals surface area contributed by atoms with Gasteiger partial charge in [-0.25, -0.2) is 9.78 Å². The fourth-order valence-corrected chi connectivity index (χ4v) is 5.72. The Kier molecular flexibility index (Phi) is 11.3. The standard InChI is InChI=1S/C33H40N8O5S/c1-4-30(43)39-15-13-38(14-16-39)11-7-12-40-31-23(22-41(33(40)44)24-18-25(45-2)20-26(19-24)46-3)21-34-32(37-31)36-28-9-6-5-8-27(28)35-29(42)10-17-47/h5-6,8-9,18-22H,4,7,10-17H2,1-3H3,(H2,35,42,47)/p+1. The number of ether oxygens (including phenoxy) is 2. The first-order valence-electron chi connectivity index (χ1n) is 15.7. The van der Waals surface area contributed by atoms with Crippen LogP contribution in [0.1, 0.15) is 26.2 Å². The Morgan fingerprint density at radius 2 is 1.72 bits per heavy atom. The Bertz CT molecular complexity index is 1770. The van der Waals surface area contributed by atoms with Gasteiger partial charge in [0, 0.05) is 70.0 Å². The summed E-state index contributed by atoms with van der Waals surface area (Å²) in [4.78, 5) is 52.1. The Balaban J connectivity index is 1.47. The number of aromatic nitrogens is 4. The van der Waals surface area contributed by atoms with Crippen LogP contribution in [-0.4, -0.2) is 88.8 Å². The molecule has 1 fully saturated rings. The molecule has 2 aromatic heterocycles. The summed E-state index contributed by atoms with van der Waals surface area (Å²) in [6.07, 6.45) is 4.86. The maximum Gasteiger partial charge on any atom is 0.448 e. The van der Waals surface area contributed by atoms with Crippen LogP contribution >= 0.6 is 12.6 Å². The minimum absolute atomic E-state index is 0.153. The second-order valence-electron chi connectivity index (χ2n) is 11.1. The molecule has 1 aliphatic heterocycles. The van der Waals surface area contributed by atoms with Gasteiger partial charge in [-0.05, 0) is 24.3 Å². The molecule has 0 saturated carbocycles. The maximum absolute atomic E-state index is 14.2. The van der Waals surface area contributed by atoms with Crippen molar-refractivity contribution in [3.8, 4) is 17.2 Å². The minimum Gasteiger partial charge on any atom is -0.496 e. The summed E-state index contributed by atoms with van der Waals surface area (Å²) in [6.45, 7) is 6.04. The van der Waals surface area contributed by atoms with Crippen molar-refractivity contribution in [2.75, 3.05) is 63.3 Å². The summed E-state index contributed by atoms with van der Waals surface area (Å²) in [5, 5.41) is 6.75. The van der Waals surface area contributed by atoms with Crippen molar-refractivity contribution < 1.29 is 23.6 Å². The Morgan fingerprint density at radius 3 is 2.38 bits per heavy atom. The number of amides is 2. The molecule has 0 aliphatic carbocycles. The predicted octanol–water partition coefficient (Wildman–Crippen LogP) is 3.03. The molecule has 0 bridgehead atoms. The van der Waals surface area contributed by atoms with Crippen LogP contribution in [0.3, 0.4) is 0 Å². The van der Waals surface area contributed by atoms with Crippen LogP contribution in [-0.2, 0) is 16.1 Å². The van der Waals surface area contributed by atoms with E-state index in [9.17, 15) is 14.4 Å². The first kappa shape index (κ1) is 33.7. The molecule has 5 rings (SSSR count). The molecule has 1 aliphatic rings. The smallest absolute Gasteiger partial charge is 0.448 e. The molecule has 248 valence electrons. The van der Waals surface area contributed by atoms with Gasteiger partial charge in [0.15, 0.2) is 0 Å². The number of rotatable bonds is 13. The lowest BCUT2D eigenvalue weighted by Gasteiger charge is -2.34. The fraction of sp³-hybridized carbons (Fsp3) is 0.394. The van der Waals surface area contributed by atoms with Gasteiger partial charge >= 0.3 is 11.6 Å². The second kappa shape index (κ2) is 15.7. The number of hydrogen-bond acceptors (Lipinski definition) is 10. The summed E-state index contributed by atoms with van der Waals surface area (Å²) in [7, 11) is 3.12. The molecule has 2 aromatic carbocycles. The zero-order chi connectivity index (χ0) is 33.3. The van der Waals surface area contributed by atoms with Crippen molar-refractivity contribution in [3.05, 3.63) is 65.3 Å². The van der Waals surface area contributed by atoms with Crippen molar-refractivity contribution in [3.63, 3.8) is 0 Å². The lowest BCUT2D eigenvalue weighted by atomic mass is 10.2. The van der Waals surface area contributed by atoms with Crippen molar-refractivity contribution in [1.29, 1.82) is 0 Å². The Hall–Kier alpha value is -4.69. The van der Waals surface area contributed by atoms with Crippen molar-refractivity contribution in [2.24, 2.45) is 0 Å². The average molecular weight is 662 g/mol. The zero-order valence-electron chi connectivity index (χ0n) is 26.9. The molecule has 47 heavy (non-hydrogen) atoms. The van der Waals surface area contributed by atoms with Crippen LogP contribution in [0.5, 0.6) is 11.5 Å². The van der Waals surface area contributed by atoms with E-state index in [4.69, 9.17) is 14.5 Å². The number of nitrogens with one attached hydrogen (secondary N) is 2. The summed E-state index contributed by atoms with van der Waals surface area (Å²) in [6, 6.07) is 12.6. The Morgan fingerprint density at radius 1 is 1.02 bits per heavy atom. The van der Waals surface area contributed by atoms with Crippen molar-refractivity contribution in [1.82, 2.24) is 24.3 Å². The van der Waals surface area contributed by atoms with Gasteiger partial charge in [-0.1, -0.05) is 24.0 Å². The highest BCUT2D eigenvalue weighted by Gasteiger charge is 2.23. The molecule has 13 nitrogen and oxygen atoms in total. The minimum atomic E-state index is -0.282. The normalized spacial score (nSPS) is 13.4. The molecule has 0 radical (unpaired) electrons. The number of piperazine rings is 1. The third-order valence-electron chi connectivity index (χ3n) is 8.04. The third kappa shape index (κ3) is 8.19. The molecule has 1 saturated heterocycles. The fourth-order valence-electron chi connectivity index (χ4n) is 5.52. The predicted molar refractivity (Wildman–Crippen MR) is 183 cm³/mol. The number of benzene rings is 2. The van der Waals surface area contributed by atoms with E-state index in [1.807, 2.05) is 30.0 Å². The number of anilines is 3. The molecule has 14 heteroatoms. The second-order valence-corrected chi connectivity index (χ2v) is 11.5. The van der Waals surface area contributed by atoms with E-state index < -0.39 is 0 Å². The van der Waals surface area contributed by atoms with E-state index in [0.29, 0.717) is 77.8 Å². The maximum atomic E-state index is 14.2. The lowest BCUT2D eigenvalue weighted by Crippen LogP contribution is -2.55. The number of para-hydroxylation sites is 2. The first-order chi connectivity index (χ1) is 22.8. The highest BCUT2D eigenvalue weighted by molar-refractivity contribution is 7.80. The van der Waals surface area contributed by atoms with Crippen LogP contribution in [0.15, 0.2) is 59.7 Å². The van der Waals surface area contributed by atoms with Gasteiger partial charge in [-0.15, -0.1) is 0 Å². The van der Waals surface area contributed by atoms with Gasteiger partial charge in [-0.3, -0.25) is 14.5 Å². The average Bonchev–Trinajstić information content (AvgIpc) is 3.09. The molecule has 2 amide bonds. The van der Waals surface area contributed by atoms with Crippen LogP contribution in [0, 0.1) is 0 Å². The number of thiol groups is 1. The van der Waals surface area contributed by atoms with E-state index in [-0.39, 0.29) is 29.9 Å². The van der Waals surface area contributed by atoms with Crippen molar-refractivity contribution >= 4 is 52.8 Å². The molecule has 0 spiro atoms. The number of fused-ring (bicyclic) bond motifs is 1. The van der Waals surface area contributed by atoms with Crippen LogP contribution in [0.2, 0.25) is 0 Å². The lowest BCUT2D eigenvalue weighted by molar-refractivity contribution is -0.691. The van der Waals surface area contributed by atoms with E-state index in [0.717, 1.165) is 19.6 Å². The van der Waals surface area contributed by atoms with Crippen LogP contribution < -0.4 is 30.4 Å². The SMILES string of the molecule is CCC(=O)N1CCN(CCC[n+]2c(=O)n(-c3cc(OC)cc(OC)c3)cc3cnc(Nc4ccccc4NC(=O)CCS)nc32)CC1. The van der Waals surface area contributed by atoms with Gasteiger partial charge in [-0.2, -0.15) is 21.8 Å². The van der Waals surface area contributed by atoms with Crippen LogP contribution in [0.25, 0.3) is 16.7 Å². The topological polar surface area (TPSA) is 135 Å². The monoisotopic (exact) mass is 661 g/mol. The molecule has 4 aromatic rings. The molecule has 2 N–H and O–H groups in total. The third-order valence-corrected chi connectivity index (χ3v) is 8.26. The zero-order valence-corrected chi connectivity index (χ0v) is 27.8. The van der Waals surface area contributed by atoms with Crippen LogP contribution in [0.4, 0.5) is 17.3 Å². The number of methoxy groups -OCH3 is 2. The quantitative estimate of drug-likeness (QED) is 0.146. The van der Waals surface area contributed by atoms with Gasteiger partial charge in [0.1, 0.15) is 22.6 Å². The van der Waals surface area contributed by atoms with Gasteiger partial charge in [0.25, 0.3) is 5.65 Å². The Labute approximate surface area is 278 Å². The van der Waals surface area contributed by atoms with Gasteiger partial charge < -0.3 is 25.0 Å². The van der Waals surface area contributed by atoms with Crippen molar-refractivity contribution in [2.45, 2.75) is 32.7 Å². The van der Waals surface area contributed by atoms with E-state index in [1.165, 1.54) is 0 Å². The molecule has 3 heterocycles. The molecule has 0 unspecified atom stereocenters. The van der Waals surface area contributed by atoms with Gasteiger partial charge in [0.2, 0.25) is 11.8 Å². The summed E-state index contributed by atoms with van der Waals surface area (Å²) in [5.74, 6) is 1.84. The van der Waals surface area contributed by atoms with E-state index in [1.54, 1.807) is 60.0 Å². The summed E-state index contributed by atoms with van der Waals surface area (Å²) < 4.78 is 14.1. The molecule has 0 atom stereocenters. The van der Waals surface area contributed by atoms with Gasteiger partial charge in [0.05, 0.1) is 38.3 Å². The number of hydrogen-bond donors (Lipinski definition) is 3. The number of nitrogens with zero attached hydrogens (tertiary/aromatic N) is 6. The summed E-state index contributed by atoms with van der Waals surface area (Å²) >= 11 is 4.15. The van der Waals surface area contributed by atoms with E-state index >= 15 is 0 Å². The highest BCUT2D eigenvalue weighted by atomic mass is 32.1.